The summed E-state index contributed by atoms with van der Waals surface area (Å²) in [5, 5.41) is 8.40. The number of rotatable bonds is 3. The molecule has 0 radical (unpaired) electrons. The van der Waals surface area contributed by atoms with Crippen molar-refractivity contribution >= 4 is 11.6 Å². The van der Waals surface area contributed by atoms with Crippen molar-refractivity contribution in [3.8, 4) is 0 Å². The standard InChI is InChI=1S/C7H12ClN3/c1-3-4-5-11-7(8)6(2)9-10-11/h3-5H2,1-2H3. The van der Waals surface area contributed by atoms with E-state index < -0.39 is 0 Å². The highest BCUT2D eigenvalue weighted by Crippen LogP contribution is 2.11. The predicted molar refractivity (Wildman–Crippen MR) is 44.7 cm³/mol. The van der Waals surface area contributed by atoms with E-state index in [1.807, 2.05) is 6.92 Å². The minimum atomic E-state index is 0.665. The molecule has 0 bridgehead atoms. The molecule has 1 heterocycles. The van der Waals surface area contributed by atoms with Gasteiger partial charge in [0.05, 0.1) is 5.69 Å². The van der Waals surface area contributed by atoms with E-state index in [2.05, 4.69) is 17.2 Å². The van der Waals surface area contributed by atoms with Crippen LogP contribution in [-0.2, 0) is 6.54 Å². The molecular formula is C7H12ClN3. The maximum absolute atomic E-state index is 5.88. The summed E-state index contributed by atoms with van der Waals surface area (Å²) >= 11 is 5.88. The van der Waals surface area contributed by atoms with Gasteiger partial charge in [-0.3, -0.25) is 0 Å². The lowest BCUT2D eigenvalue weighted by Crippen LogP contribution is -1.99. The van der Waals surface area contributed by atoms with E-state index in [1.54, 1.807) is 4.68 Å². The first-order valence-electron chi connectivity index (χ1n) is 3.81. The number of aromatic nitrogens is 3. The third-order valence-electron chi connectivity index (χ3n) is 1.55. The first kappa shape index (κ1) is 8.53. The molecule has 1 aromatic rings. The first-order chi connectivity index (χ1) is 5.25. The molecule has 0 atom stereocenters. The topological polar surface area (TPSA) is 30.7 Å². The fourth-order valence-electron chi connectivity index (χ4n) is 0.839. The molecule has 0 aliphatic rings. The molecule has 4 heteroatoms. The van der Waals surface area contributed by atoms with Gasteiger partial charge < -0.3 is 0 Å². The van der Waals surface area contributed by atoms with E-state index in [4.69, 9.17) is 11.6 Å². The van der Waals surface area contributed by atoms with Gasteiger partial charge in [-0.2, -0.15) is 0 Å². The monoisotopic (exact) mass is 173 g/mol. The van der Waals surface area contributed by atoms with Gasteiger partial charge in [0.2, 0.25) is 0 Å². The van der Waals surface area contributed by atoms with Gasteiger partial charge in [-0.25, -0.2) is 4.68 Å². The van der Waals surface area contributed by atoms with Crippen molar-refractivity contribution in [2.24, 2.45) is 0 Å². The van der Waals surface area contributed by atoms with E-state index >= 15 is 0 Å². The molecule has 0 saturated heterocycles. The number of aryl methyl sites for hydroxylation is 2. The Morgan fingerprint density at radius 2 is 2.27 bits per heavy atom. The van der Waals surface area contributed by atoms with Gasteiger partial charge >= 0.3 is 0 Å². The van der Waals surface area contributed by atoms with Crippen LogP contribution < -0.4 is 0 Å². The van der Waals surface area contributed by atoms with Crippen molar-refractivity contribution in [2.45, 2.75) is 33.2 Å². The highest BCUT2D eigenvalue weighted by molar-refractivity contribution is 6.30. The lowest BCUT2D eigenvalue weighted by atomic mass is 10.3. The van der Waals surface area contributed by atoms with Crippen molar-refractivity contribution in [3.05, 3.63) is 10.8 Å². The second kappa shape index (κ2) is 3.72. The van der Waals surface area contributed by atoms with Crippen molar-refractivity contribution in [1.82, 2.24) is 15.0 Å². The van der Waals surface area contributed by atoms with Crippen molar-refractivity contribution in [2.75, 3.05) is 0 Å². The van der Waals surface area contributed by atoms with Crippen LogP contribution in [0.5, 0.6) is 0 Å². The van der Waals surface area contributed by atoms with Crippen LogP contribution in [0.1, 0.15) is 25.5 Å². The number of hydrogen-bond donors (Lipinski definition) is 0. The fraction of sp³-hybridized carbons (Fsp3) is 0.714. The molecule has 0 aliphatic carbocycles. The van der Waals surface area contributed by atoms with E-state index in [9.17, 15) is 0 Å². The van der Waals surface area contributed by atoms with Crippen molar-refractivity contribution < 1.29 is 0 Å². The van der Waals surface area contributed by atoms with Crippen LogP contribution in [0.4, 0.5) is 0 Å². The number of unbranched alkanes of at least 4 members (excludes halogenated alkanes) is 1. The van der Waals surface area contributed by atoms with Crippen LogP contribution >= 0.6 is 11.6 Å². The average Bonchev–Trinajstić information content (AvgIpc) is 2.31. The van der Waals surface area contributed by atoms with E-state index in [0.717, 1.165) is 25.1 Å². The summed E-state index contributed by atoms with van der Waals surface area (Å²) in [5.41, 5.74) is 0.808. The van der Waals surface area contributed by atoms with Crippen molar-refractivity contribution in [1.29, 1.82) is 0 Å². The summed E-state index contributed by atoms with van der Waals surface area (Å²) < 4.78 is 1.74. The third-order valence-corrected chi connectivity index (χ3v) is 2.02. The number of halogens is 1. The lowest BCUT2D eigenvalue weighted by Gasteiger charge is -1.98. The van der Waals surface area contributed by atoms with Crippen LogP contribution in [-0.4, -0.2) is 15.0 Å². The molecule has 0 aliphatic heterocycles. The molecule has 11 heavy (non-hydrogen) atoms. The first-order valence-corrected chi connectivity index (χ1v) is 4.19. The minimum absolute atomic E-state index is 0.665. The second-order valence-corrected chi connectivity index (χ2v) is 2.90. The smallest absolute Gasteiger partial charge is 0.150 e. The lowest BCUT2D eigenvalue weighted by molar-refractivity contribution is 0.553. The highest BCUT2D eigenvalue weighted by Gasteiger charge is 2.03. The molecule has 0 unspecified atom stereocenters. The summed E-state index contributed by atoms with van der Waals surface area (Å²) in [4.78, 5) is 0. The minimum Gasteiger partial charge on any atom is -0.234 e. The molecule has 0 saturated carbocycles. The fourth-order valence-corrected chi connectivity index (χ4v) is 0.995. The van der Waals surface area contributed by atoms with E-state index in [1.165, 1.54) is 0 Å². The Morgan fingerprint density at radius 1 is 1.55 bits per heavy atom. The molecule has 1 rings (SSSR count). The Kier molecular flexibility index (Phi) is 2.88. The van der Waals surface area contributed by atoms with E-state index in [-0.39, 0.29) is 0 Å². The van der Waals surface area contributed by atoms with Gasteiger partial charge in [0.25, 0.3) is 0 Å². The summed E-state index contributed by atoms with van der Waals surface area (Å²) in [6.07, 6.45) is 2.25. The van der Waals surface area contributed by atoms with Gasteiger partial charge in [-0.1, -0.05) is 30.2 Å². The highest BCUT2D eigenvalue weighted by atomic mass is 35.5. The maximum atomic E-state index is 5.88. The van der Waals surface area contributed by atoms with Gasteiger partial charge in [-0.15, -0.1) is 5.10 Å². The zero-order chi connectivity index (χ0) is 8.27. The van der Waals surface area contributed by atoms with Crippen LogP contribution in [0, 0.1) is 6.92 Å². The molecule has 0 fully saturated rings. The number of nitrogens with zero attached hydrogens (tertiary/aromatic N) is 3. The van der Waals surface area contributed by atoms with Gasteiger partial charge in [0.1, 0.15) is 5.15 Å². The normalized spacial score (nSPS) is 10.5. The van der Waals surface area contributed by atoms with Gasteiger partial charge in [0, 0.05) is 6.54 Å². The van der Waals surface area contributed by atoms with Crippen LogP contribution in [0.3, 0.4) is 0 Å². The third kappa shape index (κ3) is 1.93. The zero-order valence-electron chi connectivity index (χ0n) is 6.84. The molecule has 62 valence electrons. The van der Waals surface area contributed by atoms with Crippen LogP contribution in [0.25, 0.3) is 0 Å². The Morgan fingerprint density at radius 3 is 2.73 bits per heavy atom. The van der Waals surface area contributed by atoms with Crippen molar-refractivity contribution in [3.63, 3.8) is 0 Å². The largest absolute Gasteiger partial charge is 0.234 e. The Bertz CT molecular complexity index is 232. The van der Waals surface area contributed by atoms with Crippen LogP contribution in [0.2, 0.25) is 5.15 Å². The summed E-state index contributed by atoms with van der Waals surface area (Å²) in [6, 6.07) is 0. The van der Waals surface area contributed by atoms with Crippen LogP contribution in [0.15, 0.2) is 0 Å². The molecule has 0 spiro atoms. The molecular weight excluding hydrogens is 162 g/mol. The summed E-state index contributed by atoms with van der Waals surface area (Å²) in [7, 11) is 0. The molecule has 0 aromatic carbocycles. The van der Waals surface area contributed by atoms with E-state index in [0.29, 0.717) is 5.15 Å². The van der Waals surface area contributed by atoms with Gasteiger partial charge in [-0.05, 0) is 13.3 Å². The molecule has 1 aromatic heterocycles. The SMILES string of the molecule is CCCCn1nnc(C)c1Cl. The Hall–Kier alpha value is -0.570. The Balaban J connectivity index is 2.63. The Labute approximate surface area is 71.4 Å². The number of hydrogen-bond acceptors (Lipinski definition) is 2. The molecule has 0 amide bonds. The predicted octanol–water partition coefficient (Wildman–Crippen LogP) is 2.04. The zero-order valence-corrected chi connectivity index (χ0v) is 7.60. The quantitative estimate of drug-likeness (QED) is 0.701. The average molecular weight is 174 g/mol. The van der Waals surface area contributed by atoms with Gasteiger partial charge in [0.15, 0.2) is 0 Å². The maximum Gasteiger partial charge on any atom is 0.150 e. The summed E-state index contributed by atoms with van der Waals surface area (Å²) in [5.74, 6) is 0. The summed E-state index contributed by atoms with van der Waals surface area (Å²) in [6.45, 7) is 4.87. The molecule has 3 nitrogen and oxygen atoms in total. The molecule has 0 N–H and O–H groups in total. The second-order valence-electron chi connectivity index (χ2n) is 2.54.